The fourth-order valence-electron chi connectivity index (χ4n) is 3.88. The fraction of sp³-hybridized carbons (Fsp3) is 0.545. The Labute approximate surface area is 168 Å². The van der Waals surface area contributed by atoms with Crippen LogP contribution in [-0.4, -0.2) is 52.0 Å². The minimum absolute atomic E-state index is 0.173. The van der Waals surface area contributed by atoms with Gasteiger partial charge in [0, 0.05) is 56.7 Å². The van der Waals surface area contributed by atoms with Crippen molar-refractivity contribution in [3.8, 4) is 0 Å². The van der Waals surface area contributed by atoms with Gasteiger partial charge in [-0.3, -0.25) is 9.80 Å². The molecule has 1 aliphatic heterocycles. The first-order chi connectivity index (χ1) is 13.5. The van der Waals surface area contributed by atoms with Gasteiger partial charge in [-0.2, -0.15) is 0 Å². The maximum Gasteiger partial charge on any atom is 0.222 e. The molecule has 1 N–H and O–H groups in total. The molecule has 0 radical (unpaired) electrons. The van der Waals surface area contributed by atoms with Gasteiger partial charge >= 0.3 is 0 Å². The Kier molecular flexibility index (Phi) is 7.34. The van der Waals surface area contributed by atoms with Crippen molar-refractivity contribution in [3.05, 3.63) is 53.6 Å². The van der Waals surface area contributed by atoms with Crippen LogP contribution in [0.4, 0.5) is 10.3 Å². The van der Waals surface area contributed by atoms with Crippen molar-refractivity contribution in [1.82, 2.24) is 19.8 Å². The van der Waals surface area contributed by atoms with Gasteiger partial charge in [0.15, 0.2) is 0 Å². The van der Waals surface area contributed by atoms with Crippen LogP contribution in [0.1, 0.15) is 38.3 Å². The summed E-state index contributed by atoms with van der Waals surface area (Å²) < 4.78 is 13.2. The zero-order valence-corrected chi connectivity index (χ0v) is 17.2. The molecule has 0 unspecified atom stereocenters. The Morgan fingerprint density at radius 3 is 2.43 bits per heavy atom. The second-order valence-electron chi connectivity index (χ2n) is 7.94. The maximum atomic E-state index is 13.2. The third-order valence-corrected chi connectivity index (χ3v) is 5.35. The molecule has 2 aromatic rings. The number of benzene rings is 1. The molecule has 5 nitrogen and oxygen atoms in total. The van der Waals surface area contributed by atoms with Crippen LogP contribution in [0.25, 0.3) is 0 Å². The van der Waals surface area contributed by atoms with Crippen LogP contribution in [-0.2, 0) is 13.1 Å². The van der Waals surface area contributed by atoms with Crippen molar-refractivity contribution < 1.29 is 4.39 Å². The lowest BCUT2D eigenvalue weighted by atomic mass is 10.0. The summed E-state index contributed by atoms with van der Waals surface area (Å²) in [5.41, 5.74) is 2.32. The van der Waals surface area contributed by atoms with Gasteiger partial charge in [0.05, 0.1) is 0 Å². The van der Waals surface area contributed by atoms with Gasteiger partial charge in [-0.05, 0) is 43.5 Å². The van der Waals surface area contributed by atoms with Gasteiger partial charge < -0.3 is 5.32 Å². The summed E-state index contributed by atoms with van der Waals surface area (Å²) in [7, 11) is 0. The molecular formula is C22H32FN5. The van der Waals surface area contributed by atoms with E-state index in [2.05, 4.69) is 38.9 Å². The number of hydrogen-bond donors (Lipinski definition) is 1. The molecule has 6 heteroatoms. The Morgan fingerprint density at radius 2 is 1.79 bits per heavy atom. The van der Waals surface area contributed by atoms with Gasteiger partial charge in [0.1, 0.15) is 5.82 Å². The third-order valence-electron chi connectivity index (χ3n) is 5.35. The zero-order valence-electron chi connectivity index (χ0n) is 17.2. The number of nitrogens with one attached hydrogen (secondary N) is 1. The Morgan fingerprint density at radius 1 is 1.07 bits per heavy atom. The summed E-state index contributed by atoms with van der Waals surface area (Å²) in [6.45, 7) is 12.3. The molecule has 1 saturated heterocycles. The summed E-state index contributed by atoms with van der Waals surface area (Å²) in [6, 6.07) is 7.38. The van der Waals surface area contributed by atoms with Crippen LogP contribution in [0.5, 0.6) is 0 Å². The van der Waals surface area contributed by atoms with E-state index in [0.29, 0.717) is 17.9 Å². The zero-order chi connectivity index (χ0) is 19.9. The minimum atomic E-state index is -0.173. The average Bonchev–Trinajstić information content (AvgIpc) is 2.88. The van der Waals surface area contributed by atoms with Crippen LogP contribution in [0.2, 0.25) is 0 Å². The van der Waals surface area contributed by atoms with Gasteiger partial charge in [-0.15, -0.1) is 0 Å². The molecule has 1 fully saturated rings. The summed E-state index contributed by atoms with van der Waals surface area (Å²) >= 11 is 0. The lowest BCUT2D eigenvalue weighted by Crippen LogP contribution is -2.43. The quantitative estimate of drug-likeness (QED) is 0.786. The first kappa shape index (κ1) is 20.7. The van der Waals surface area contributed by atoms with E-state index in [0.717, 1.165) is 51.3 Å². The summed E-state index contributed by atoms with van der Waals surface area (Å²) in [5, 5.41) is 3.14. The SMILES string of the molecule is CCNc1ncc(CN2CCCN(Cc3ccc(F)cc3)[C@@H](C(C)C)C2)cn1. The minimum Gasteiger partial charge on any atom is -0.355 e. The summed E-state index contributed by atoms with van der Waals surface area (Å²) in [6.07, 6.45) is 4.98. The Bertz CT molecular complexity index is 717. The molecule has 0 saturated carbocycles. The first-order valence-electron chi connectivity index (χ1n) is 10.3. The van der Waals surface area contributed by atoms with E-state index in [9.17, 15) is 4.39 Å². The summed E-state index contributed by atoms with van der Waals surface area (Å²) in [5.74, 6) is 1.06. The van der Waals surface area contributed by atoms with Crippen LogP contribution in [0.3, 0.4) is 0 Å². The molecule has 1 atom stereocenters. The predicted molar refractivity (Wildman–Crippen MR) is 112 cm³/mol. The van der Waals surface area contributed by atoms with Crippen molar-refractivity contribution in [2.75, 3.05) is 31.5 Å². The van der Waals surface area contributed by atoms with Crippen molar-refractivity contribution in [2.45, 2.75) is 46.3 Å². The molecule has 1 aliphatic rings. The van der Waals surface area contributed by atoms with Crippen molar-refractivity contribution >= 4 is 5.95 Å². The molecule has 0 bridgehead atoms. The average molecular weight is 386 g/mol. The summed E-state index contributed by atoms with van der Waals surface area (Å²) in [4.78, 5) is 13.9. The molecule has 28 heavy (non-hydrogen) atoms. The molecule has 2 heterocycles. The van der Waals surface area contributed by atoms with E-state index in [1.54, 1.807) is 12.1 Å². The van der Waals surface area contributed by atoms with Crippen molar-refractivity contribution in [2.24, 2.45) is 5.92 Å². The number of anilines is 1. The largest absolute Gasteiger partial charge is 0.355 e. The lowest BCUT2D eigenvalue weighted by Gasteiger charge is -2.34. The highest BCUT2D eigenvalue weighted by molar-refractivity contribution is 5.24. The maximum absolute atomic E-state index is 13.2. The molecule has 0 aliphatic carbocycles. The topological polar surface area (TPSA) is 44.3 Å². The molecule has 3 rings (SSSR count). The van der Waals surface area contributed by atoms with Gasteiger partial charge in [-0.1, -0.05) is 26.0 Å². The van der Waals surface area contributed by atoms with E-state index in [1.807, 2.05) is 31.5 Å². The van der Waals surface area contributed by atoms with Crippen molar-refractivity contribution in [3.63, 3.8) is 0 Å². The molecular weight excluding hydrogens is 353 g/mol. The van der Waals surface area contributed by atoms with Crippen LogP contribution in [0, 0.1) is 11.7 Å². The van der Waals surface area contributed by atoms with Crippen molar-refractivity contribution in [1.29, 1.82) is 0 Å². The van der Waals surface area contributed by atoms with Gasteiger partial charge in [0.25, 0.3) is 0 Å². The highest BCUT2D eigenvalue weighted by Gasteiger charge is 2.27. The predicted octanol–water partition coefficient (Wildman–Crippen LogP) is 3.78. The second kappa shape index (κ2) is 9.94. The van der Waals surface area contributed by atoms with Gasteiger partial charge in [0.2, 0.25) is 5.95 Å². The standard InChI is InChI=1S/C22H32FN5/c1-4-24-22-25-12-19(13-26-22)14-27-10-5-11-28(21(16-27)17(2)3)15-18-6-8-20(23)9-7-18/h6-9,12-13,17,21H,4-5,10-11,14-16H2,1-3H3,(H,24,25,26)/t21-/m1/s1. The lowest BCUT2D eigenvalue weighted by molar-refractivity contribution is 0.130. The van der Waals surface area contributed by atoms with Crippen LogP contribution >= 0.6 is 0 Å². The molecule has 0 amide bonds. The normalized spacial score (nSPS) is 19.0. The Hall–Kier alpha value is -2.05. The number of aromatic nitrogens is 2. The first-order valence-corrected chi connectivity index (χ1v) is 10.3. The number of nitrogens with zero attached hydrogens (tertiary/aromatic N) is 4. The van der Waals surface area contributed by atoms with E-state index in [4.69, 9.17) is 0 Å². The second-order valence-corrected chi connectivity index (χ2v) is 7.94. The van der Waals surface area contributed by atoms with E-state index in [1.165, 1.54) is 5.56 Å². The number of halogens is 1. The monoisotopic (exact) mass is 385 g/mol. The fourth-order valence-corrected chi connectivity index (χ4v) is 3.88. The van der Waals surface area contributed by atoms with Crippen LogP contribution in [0.15, 0.2) is 36.7 Å². The molecule has 0 spiro atoms. The van der Waals surface area contributed by atoms with E-state index >= 15 is 0 Å². The number of hydrogen-bond acceptors (Lipinski definition) is 5. The highest BCUT2D eigenvalue weighted by atomic mass is 19.1. The smallest absolute Gasteiger partial charge is 0.222 e. The third kappa shape index (κ3) is 5.72. The molecule has 1 aromatic heterocycles. The van der Waals surface area contributed by atoms with Crippen LogP contribution < -0.4 is 5.32 Å². The van der Waals surface area contributed by atoms with E-state index in [-0.39, 0.29) is 5.82 Å². The van der Waals surface area contributed by atoms with E-state index < -0.39 is 0 Å². The Balaban J connectivity index is 1.65. The number of rotatable bonds is 7. The molecule has 1 aromatic carbocycles. The molecule has 152 valence electrons. The highest BCUT2D eigenvalue weighted by Crippen LogP contribution is 2.21. The van der Waals surface area contributed by atoms with Gasteiger partial charge in [-0.25, -0.2) is 14.4 Å².